The molecule has 2 aliphatic rings. The SMILES string of the molecule is COc1ccc(CC2(C)CN([C@H]3C[C@@](O)(COc4ccc([N+](=O)[O-])cc4)[C@@H](C(O)C(c4ccccc4)(c4ccc(OC)cc4)c4ccc(OC)cc4)O3)C(=O)NC2=O)cc1. The van der Waals surface area contributed by atoms with E-state index >= 15 is 0 Å². The number of hydrogen-bond donors (Lipinski definition) is 3. The number of methoxy groups -OCH3 is 3. The molecule has 14 nitrogen and oxygen atoms in total. The quantitative estimate of drug-likeness (QED) is 0.0637. The van der Waals surface area contributed by atoms with Crippen molar-refractivity contribution in [2.75, 3.05) is 34.5 Å². The fourth-order valence-corrected chi connectivity index (χ4v) is 8.38. The molecule has 3 N–H and O–H groups in total. The largest absolute Gasteiger partial charge is 0.497 e. The summed E-state index contributed by atoms with van der Waals surface area (Å²) < 4.78 is 29.2. The molecule has 0 saturated carbocycles. The van der Waals surface area contributed by atoms with E-state index in [1.54, 1.807) is 64.7 Å². The highest BCUT2D eigenvalue weighted by molar-refractivity contribution is 6.00. The molecule has 2 fully saturated rings. The summed E-state index contributed by atoms with van der Waals surface area (Å²) in [4.78, 5) is 39.6. The Bertz CT molecular complexity index is 2240. The lowest BCUT2D eigenvalue weighted by molar-refractivity contribution is -0.384. The van der Waals surface area contributed by atoms with Gasteiger partial charge in [-0.2, -0.15) is 0 Å². The Morgan fingerprint density at radius 3 is 1.82 bits per heavy atom. The van der Waals surface area contributed by atoms with E-state index in [-0.39, 0.29) is 30.8 Å². The van der Waals surface area contributed by atoms with E-state index in [4.69, 9.17) is 23.7 Å². The van der Waals surface area contributed by atoms with E-state index in [1.165, 1.54) is 29.2 Å². The van der Waals surface area contributed by atoms with Gasteiger partial charge in [0, 0.05) is 25.1 Å². The smallest absolute Gasteiger partial charge is 0.326 e. The van der Waals surface area contributed by atoms with Crippen LogP contribution in [0.1, 0.15) is 35.6 Å². The number of amides is 3. The minimum atomic E-state index is -2.00. The average molecular weight is 818 g/mol. The summed E-state index contributed by atoms with van der Waals surface area (Å²) in [6.07, 6.45) is -4.16. The number of nitrogens with one attached hydrogen (secondary N) is 1. The van der Waals surface area contributed by atoms with Crippen molar-refractivity contribution >= 4 is 17.6 Å². The summed E-state index contributed by atoms with van der Waals surface area (Å²) in [6, 6.07) is 35.8. The molecule has 2 unspecified atom stereocenters. The third kappa shape index (κ3) is 7.96. The molecule has 0 aromatic heterocycles. The van der Waals surface area contributed by atoms with Gasteiger partial charge in [0.25, 0.3) is 5.69 Å². The second-order valence-electron chi connectivity index (χ2n) is 15.4. The molecule has 0 spiro atoms. The Hall–Kier alpha value is -6.48. The first-order valence-corrected chi connectivity index (χ1v) is 19.4. The van der Waals surface area contributed by atoms with Crippen LogP contribution in [0, 0.1) is 15.5 Å². The Labute approximate surface area is 347 Å². The van der Waals surface area contributed by atoms with Crippen molar-refractivity contribution in [2.24, 2.45) is 5.41 Å². The van der Waals surface area contributed by atoms with Gasteiger partial charge in [-0.05, 0) is 84.1 Å². The van der Waals surface area contributed by atoms with Crippen molar-refractivity contribution in [3.8, 4) is 23.0 Å². The number of carbonyl (C=O) groups excluding carboxylic acids is 2. The zero-order chi connectivity index (χ0) is 42.7. The number of imide groups is 1. The van der Waals surface area contributed by atoms with Gasteiger partial charge in [-0.25, -0.2) is 4.79 Å². The maximum absolute atomic E-state index is 13.8. The maximum atomic E-state index is 13.8. The molecular formula is C46H47N3O11. The minimum absolute atomic E-state index is 0.0722. The number of hydrogen-bond acceptors (Lipinski definition) is 11. The van der Waals surface area contributed by atoms with Crippen molar-refractivity contribution in [1.29, 1.82) is 0 Å². The van der Waals surface area contributed by atoms with Gasteiger partial charge in [-0.15, -0.1) is 0 Å². The molecule has 0 radical (unpaired) electrons. The van der Waals surface area contributed by atoms with Crippen molar-refractivity contribution in [3.63, 3.8) is 0 Å². The second-order valence-corrected chi connectivity index (χ2v) is 15.4. The Morgan fingerprint density at radius 2 is 1.30 bits per heavy atom. The molecule has 312 valence electrons. The summed E-state index contributed by atoms with van der Waals surface area (Å²) >= 11 is 0. The summed E-state index contributed by atoms with van der Waals surface area (Å²) in [7, 11) is 4.68. The van der Waals surface area contributed by atoms with Crippen molar-refractivity contribution in [1.82, 2.24) is 10.2 Å². The second kappa shape index (κ2) is 17.0. The van der Waals surface area contributed by atoms with Crippen LogP contribution in [0.3, 0.4) is 0 Å². The monoisotopic (exact) mass is 817 g/mol. The number of nitro groups is 1. The van der Waals surface area contributed by atoms with Gasteiger partial charge in [0.2, 0.25) is 5.91 Å². The zero-order valence-corrected chi connectivity index (χ0v) is 33.6. The highest BCUT2D eigenvalue weighted by Gasteiger charge is 2.60. The molecule has 14 heteroatoms. The molecule has 5 aromatic carbocycles. The van der Waals surface area contributed by atoms with Gasteiger partial charge in [0.1, 0.15) is 53.6 Å². The number of non-ortho nitro benzene ring substituents is 1. The van der Waals surface area contributed by atoms with E-state index in [9.17, 15) is 29.9 Å². The van der Waals surface area contributed by atoms with Crippen LogP contribution < -0.4 is 24.3 Å². The lowest BCUT2D eigenvalue weighted by atomic mass is 9.63. The van der Waals surface area contributed by atoms with Gasteiger partial charge in [0.05, 0.1) is 37.1 Å². The van der Waals surface area contributed by atoms with Crippen molar-refractivity contribution in [2.45, 2.75) is 49.2 Å². The standard InChI is InChI=1S/C46H47N3O11/c1-44(26-30-10-18-35(56-2)19-11-30)28-48(43(52)47-42(44)51)39-27-45(53,29-59-38-24-16-34(17-25-38)49(54)55)41(60-39)40(50)46(31-8-6-5-7-9-31,32-12-20-36(57-3)21-13-32)33-14-22-37(58-4)23-15-33/h5-25,39-41,50,53H,26-29H2,1-4H3,(H,47,51,52)/t39-,40?,41-,44?,45-/m1/s1. The Balaban J connectivity index is 1.33. The Kier molecular flexibility index (Phi) is 11.8. The first kappa shape index (κ1) is 41.7. The number of nitrogens with zero attached hydrogens (tertiary/aromatic N) is 2. The lowest BCUT2D eigenvalue weighted by Crippen LogP contribution is -2.62. The normalized spacial score (nSPS) is 22.1. The van der Waals surface area contributed by atoms with Gasteiger partial charge in [0.15, 0.2) is 0 Å². The number of urea groups is 1. The predicted molar refractivity (Wildman–Crippen MR) is 220 cm³/mol. The van der Waals surface area contributed by atoms with Gasteiger partial charge >= 0.3 is 6.03 Å². The van der Waals surface area contributed by atoms with E-state index in [0.29, 0.717) is 33.9 Å². The first-order chi connectivity index (χ1) is 28.8. The number of aliphatic hydroxyl groups is 2. The minimum Gasteiger partial charge on any atom is -0.497 e. The number of rotatable bonds is 15. The van der Waals surface area contributed by atoms with Crippen LogP contribution >= 0.6 is 0 Å². The fourth-order valence-electron chi connectivity index (χ4n) is 8.38. The molecule has 2 saturated heterocycles. The molecule has 60 heavy (non-hydrogen) atoms. The summed E-state index contributed by atoms with van der Waals surface area (Å²) in [5.41, 5.74) is -1.94. The van der Waals surface area contributed by atoms with E-state index < -0.39 is 58.3 Å². The van der Waals surface area contributed by atoms with Crippen LogP contribution in [0.25, 0.3) is 0 Å². The van der Waals surface area contributed by atoms with Crippen LogP contribution in [0.4, 0.5) is 10.5 Å². The summed E-state index contributed by atoms with van der Waals surface area (Å²) in [6.45, 7) is 1.23. The molecule has 2 heterocycles. The van der Waals surface area contributed by atoms with Gasteiger partial charge in [-0.3, -0.25) is 25.1 Å². The van der Waals surface area contributed by atoms with E-state index in [2.05, 4.69) is 5.32 Å². The number of aliphatic hydroxyl groups excluding tert-OH is 1. The number of ether oxygens (including phenoxy) is 5. The Morgan fingerprint density at radius 1 is 0.800 bits per heavy atom. The third-order valence-corrected chi connectivity index (χ3v) is 11.6. The zero-order valence-electron chi connectivity index (χ0n) is 33.6. The van der Waals surface area contributed by atoms with Crippen LogP contribution in [0.15, 0.2) is 127 Å². The van der Waals surface area contributed by atoms with Crippen LogP contribution in [-0.2, 0) is 21.4 Å². The first-order valence-electron chi connectivity index (χ1n) is 19.4. The van der Waals surface area contributed by atoms with Crippen molar-refractivity contribution in [3.05, 3.63) is 160 Å². The summed E-state index contributed by atoms with van der Waals surface area (Å²) in [5, 5.41) is 40.1. The number of carbonyl (C=O) groups is 2. The fraction of sp³-hybridized carbons (Fsp3) is 0.304. The molecule has 5 aromatic rings. The van der Waals surface area contributed by atoms with E-state index in [0.717, 1.165) is 5.56 Å². The molecule has 3 amide bonds. The van der Waals surface area contributed by atoms with Crippen LogP contribution in [-0.4, -0.2) is 90.5 Å². The van der Waals surface area contributed by atoms with E-state index in [1.807, 2.05) is 66.7 Å². The van der Waals surface area contributed by atoms with Gasteiger partial charge in [-0.1, -0.05) is 66.7 Å². The average Bonchev–Trinajstić information content (AvgIpc) is 3.62. The molecule has 0 bridgehead atoms. The van der Waals surface area contributed by atoms with Crippen LogP contribution in [0.2, 0.25) is 0 Å². The maximum Gasteiger partial charge on any atom is 0.326 e. The van der Waals surface area contributed by atoms with Gasteiger partial charge < -0.3 is 33.9 Å². The summed E-state index contributed by atoms with van der Waals surface area (Å²) in [5.74, 6) is 1.58. The topological polar surface area (TPSA) is 179 Å². The van der Waals surface area contributed by atoms with Crippen LogP contribution in [0.5, 0.6) is 23.0 Å². The molecular weight excluding hydrogens is 771 g/mol. The highest BCUT2D eigenvalue weighted by Crippen LogP contribution is 2.49. The third-order valence-electron chi connectivity index (χ3n) is 11.6. The molecule has 2 aliphatic heterocycles. The molecule has 5 atom stereocenters. The molecule has 0 aliphatic carbocycles. The molecule has 7 rings (SSSR count). The predicted octanol–water partition coefficient (Wildman–Crippen LogP) is 6.04. The lowest BCUT2D eigenvalue weighted by Gasteiger charge is -2.45. The number of benzene rings is 5. The number of nitro benzene ring substituents is 1. The highest BCUT2D eigenvalue weighted by atomic mass is 16.6. The van der Waals surface area contributed by atoms with Crippen molar-refractivity contribution < 1.29 is 48.4 Å².